The number of nitrogens with zero attached hydrogens (tertiary/aromatic N) is 1. The first-order valence-corrected chi connectivity index (χ1v) is 6.49. The van der Waals surface area contributed by atoms with E-state index in [1.807, 2.05) is 31.2 Å². The van der Waals surface area contributed by atoms with Crippen molar-refractivity contribution in [2.75, 3.05) is 0 Å². The van der Waals surface area contributed by atoms with Crippen molar-refractivity contribution in [2.45, 2.75) is 19.9 Å². The van der Waals surface area contributed by atoms with Crippen molar-refractivity contribution in [3.63, 3.8) is 0 Å². The Labute approximate surface area is 126 Å². The van der Waals surface area contributed by atoms with Gasteiger partial charge in [-0.2, -0.15) is 0 Å². The minimum atomic E-state index is -4.71. The van der Waals surface area contributed by atoms with Crippen LogP contribution in [0.5, 0.6) is 5.75 Å². The van der Waals surface area contributed by atoms with Gasteiger partial charge in [-0.25, -0.2) is 0 Å². The van der Waals surface area contributed by atoms with Crippen molar-refractivity contribution in [1.29, 1.82) is 0 Å². The lowest BCUT2D eigenvalue weighted by molar-refractivity contribution is -0.274. The number of aryl methyl sites for hydroxylation is 1. The van der Waals surface area contributed by atoms with E-state index < -0.39 is 6.36 Å². The van der Waals surface area contributed by atoms with E-state index in [1.54, 1.807) is 6.07 Å². The molecule has 2 aromatic carbocycles. The maximum Gasteiger partial charge on any atom is 0.573 e. The summed E-state index contributed by atoms with van der Waals surface area (Å²) in [6, 6.07) is 13.2. The van der Waals surface area contributed by atoms with Gasteiger partial charge in [0.05, 0.1) is 6.21 Å². The molecule has 0 heterocycles. The first-order chi connectivity index (χ1) is 10.4. The number of hydrogen-bond donors (Lipinski definition) is 0. The van der Waals surface area contributed by atoms with Gasteiger partial charge in [-0.1, -0.05) is 47.1 Å². The summed E-state index contributed by atoms with van der Waals surface area (Å²) in [6.45, 7) is 2.03. The third-order valence-corrected chi connectivity index (χ3v) is 2.72. The van der Waals surface area contributed by atoms with Gasteiger partial charge in [0.2, 0.25) is 0 Å². The summed E-state index contributed by atoms with van der Waals surface area (Å²) in [6.07, 6.45) is -3.17. The van der Waals surface area contributed by atoms with Gasteiger partial charge in [0, 0.05) is 0 Å². The molecule has 0 fully saturated rings. The lowest BCUT2D eigenvalue weighted by atomic mass is 10.2. The van der Waals surface area contributed by atoms with Crippen molar-refractivity contribution >= 4 is 6.21 Å². The molecule has 0 N–H and O–H groups in total. The summed E-state index contributed by atoms with van der Waals surface area (Å²) < 4.78 is 40.2. The van der Waals surface area contributed by atoms with E-state index in [0.717, 1.165) is 11.1 Å². The molecule has 0 atom stereocenters. The third-order valence-electron chi connectivity index (χ3n) is 2.72. The minimum absolute atomic E-state index is 0.0530. The highest BCUT2D eigenvalue weighted by Gasteiger charge is 2.31. The lowest BCUT2D eigenvalue weighted by Crippen LogP contribution is -2.17. The molecule has 0 spiro atoms. The zero-order valence-electron chi connectivity index (χ0n) is 11.8. The minimum Gasteiger partial charge on any atom is -0.406 e. The molecule has 0 saturated carbocycles. The Kier molecular flexibility index (Phi) is 5.04. The normalized spacial score (nSPS) is 11.6. The van der Waals surface area contributed by atoms with E-state index in [-0.39, 0.29) is 12.4 Å². The highest BCUT2D eigenvalue weighted by Crippen LogP contribution is 2.23. The quantitative estimate of drug-likeness (QED) is 0.603. The Balaban J connectivity index is 1.89. The van der Waals surface area contributed by atoms with Crippen molar-refractivity contribution in [3.05, 3.63) is 65.2 Å². The topological polar surface area (TPSA) is 30.8 Å². The van der Waals surface area contributed by atoms with Crippen molar-refractivity contribution in [2.24, 2.45) is 5.16 Å². The van der Waals surface area contributed by atoms with Gasteiger partial charge < -0.3 is 9.57 Å². The number of halogens is 3. The Morgan fingerprint density at radius 3 is 2.50 bits per heavy atom. The van der Waals surface area contributed by atoms with Crippen LogP contribution in [0.25, 0.3) is 0 Å². The predicted molar refractivity (Wildman–Crippen MR) is 76.7 cm³/mol. The number of oxime groups is 1. The second-order valence-corrected chi connectivity index (χ2v) is 4.61. The van der Waals surface area contributed by atoms with Crippen LogP contribution in [0.2, 0.25) is 0 Å². The summed E-state index contributed by atoms with van der Waals surface area (Å²) in [5.41, 5.74) is 2.54. The fraction of sp³-hybridized carbons (Fsp3) is 0.188. The molecule has 0 unspecified atom stereocenters. The Hall–Kier alpha value is -2.50. The smallest absolute Gasteiger partial charge is 0.406 e. The summed E-state index contributed by atoms with van der Waals surface area (Å²) in [5.74, 6) is -0.281. The molecule has 6 heteroatoms. The van der Waals surface area contributed by atoms with Crippen LogP contribution in [0, 0.1) is 6.92 Å². The Morgan fingerprint density at radius 2 is 1.82 bits per heavy atom. The molecule has 3 nitrogen and oxygen atoms in total. The van der Waals surface area contributed by atoms with Crippen LogP contribution >= 0.6 is 0 Å². The SMILES string of the molecule is Cc1ccc(C=NOCc2cccc(OC(F)(F)F)c2)cc1. The van der Waals surface area contributed by atoms with Gasteiger partial charge in [0.15, 0.2) is 0 Å². The zero-order chi connectivity index (χ0) is 16.0. The highest BCUT2D eigenvalue weighted by atomic mass is 19.4. The van der Waals surface area contributed by atoms with Crippen LogP contribution in [-0.2, 0) is 11.4 Å². The maximum absolute atomic E-state index is 12.1. The van der Waals surface area contributed by atoms with E-state index in [2.05, 4.69) is 9.89 Å². The number of alkyl halides is 3. The highest BCUT2D eigenvalue weighted by molar-refractivity contribution is 5.79. The molecule has 0 bridgehead atoms. The third kappa shape index (κ3) is 5.47. The van der Waals surface area contributed by atoms with Crippen molar-refractivity contribution < 1.29 is 22.7 Å². The van der Waals surface area contributed by atoms with Gasteiger partial charge in [0.1, 0.15) is 12.4 Å². The van der Waals surface area contributed by atoms with E-state index in [4.69, 9.17) is 4.84 Å². The number of ether oxygens (including phenoxy) is 1. The second-order valence-electron chi connectivity index (χ2n) is 4.61. The van der Waals surface area contributed by atoms with Crippen LogP contribution in [0.4, 0.5) is 13.2 Å². The van der Waals surface area contributed by atoms with Crippen molar-refractivity contribution in [3.8, 4) is 5.75 Å². The van der Waals surface area contributed by atoms with Gasteiger partial charge >= 0.3 is 6.36 Å². The Bertz CT molecular complexity index is 637. The molecule has 2 rings (SSSR count). The predicted octanol–water partition coefficient (Wildman–Crippen LogP) is 4.44. The molecule has 0 radical (unpaired) electrons. The lowest BCUT2D eigenvalue weighted by Gasteiger charge is -2.09. The largest absolute Gasteiger partial charge is 0.573 e. The number of hydrogen-bond acceptors (Lipinski definition) is 3. The number of benzene rings is 2. The maximum atomic E-state index is 12.1. The van der Waals surface area contributed by atoms with E-state index in [1.165, 1.54) is 24.4 Å². The van der Waals surface area contributed by atoms with Crippen LogP contribution in [0.3, 0.4) is 0 Å². The molecule has 0 aliphatic heterocycles. The first kappa shape index (κ1) is 15.9. The van der Waals surface area contributed by atoms with Crippen LogP contribution in [0.15, 0.2) is 53.7 Å². The molecule has 0 aliphatic rings. The molecule has 0 amide bonds. The van der Waals surface area contributed by atoms with Gasteiger partial charge in [-0.05, 0) is 30.2 Å². The standard InChI is InChI=1S/C16H14F3NO2/c1-12-5-7-13(8-6-12)10-20-21-11-14-3-2-4-15(9-14)22-16(17,18)19/h2-10H,11H2,1H3. The van der Waals surface area contributed by atoms with Gasteiger partial charge in [-0.15, -0.1) is 13.2 Å². The molecule has 22 heavy (non-hydrogen) atoms. The fourth-order valence-corrected chi connectivity index (χ4v) is 1.69. The summed E-state index contributed by atoms with van der Waals surface area (Å²) >= 11 is 0. The van der Waals surface area contributed by atoms with Crippen LogP contribution in [0.1, 0.15) is 16.7 Å². The van der Waals surface area contributed by atoms with E-state index >= 15 is 0 Å². The first-order valence-electron chi connectivity index (χ1n) is 6.49. The van der Waals surface area contributed by atoms with E-state index in [9.17, 15) is 13.2 Å². The molecule has 2 aromatic rings. The molecular formula is C16H14F3NO2. The van der Waals surface area contributed by atoms with Crippen molar-refractivity contribution in [1.82, 2.24) is 0 Å². The summed E-state index contributed by atoms with van der Waals surface area (Å²) in [5, 5.41) is 3.78. The van der Waals surface area contributed by atoms with Crippen LogP contribution in [-0.4, -0.2) is 12.6 Å². The number of rotatable bonds is 5. The monoisotopic (exact) mass is 309 g/mol. The van der Waals surface area contributed by atoms with E-state index in [0.29, 0.717) is 5.56 Å². The second kappa shape index (κ2) is 6.98. The van der Waals surface area contributed by atoms with Crippen LogP contribution < -0.4 is 4.74 Å². The molecule has 0 aromatic heterocycles. The zero-order valence-corrected chi connectivity index (χ0v) is 11.8. The Morgan fingerprint density at radius 1 is 1.09 bits per heavy atom. The fourth-order valence-electron chi connectivity index (χ4n) is 1.69. The molecule has 0 saturated heterocycles. The average Bonchev–Trinajstić information content (AvgIpc) is 2.44. The molecular weight excluding hydrogens is 295 g/mol. The molecule has 116 valence electrons. The average molecular weight is 309 g/mol. The van der Waals surface area contributed by atoms with Gasteiger partial charge in [0.25, 0.3) is 0 Å². The summed E-state index contributed by atoms with van der Waals surface area (Å²) in [4.78, 5) is 5.07. The summed E-state index contributed by atoms with van der Waals surface area (Å²) in [7, 11) is 0. The molecule has 0 aliphatic carbocycles. The van der Waals surface area contributed by atoms with Gasteiger partial charge in [-0.3, -0.25) is 0 Å².